The fourth-order valence-corrected chi connectivity index (χ4v) is 4.20. The molecule has 3 nitrogen and oxygen atoms in total. The lowest BCUT2D eigenvalue weighted by Crippen LogP contribution is -2.34. The molecule has 0 aliphatic heterocycles. The summed E-state index contributed by atoms with van der Waals surface area (Å²) in [6, 6.07) is 30.1. The second-order valence-electron chi connectivity index (χ2n) is 7.54. The predicted octanol–water partition coefficient (Wildman–Crippen LogP) is 7.24. The maximum absolute atomic E-state index is 6.18. The summed E-state index contributed by atoms with van der Waals surface area (Å²) in [7, 11) is 0. The van der Waals surface area contributed by atoms with Crippen molar-refractivity contribution in [2.45, 2.75) is 19.6 Å². The molecular weight excluding hydrogens is 457 g/mol. The zero-order chi connectivity index (χ0) is 22.3. The smallest absolute Gasteiger partial charge is 0.174 e. The molecule has 3 aromatic carbocycles. The lowest BCUT2D eigenvalue weighted by atomic mass is 10.2. The van der Waals surface area contributed by atoms with Gasteiger partial charge in [-0.2, -0.15) is 0 Å². The Morgan fingerprint density at radius 2 is 1.50 bits per heavy atom. The number of halogens is 2. The number of benzene rings is 3. The summed E-state index contributed by atoms with van der Waals surface area (Å²) >= 11 is 18.1. The van der Waals surface area contributed by atoms with Gasteiger partial charge in [0.25, 0.3) is 0 Å². The second kappa shape index (κ2) is 10.7. The number of nitrogens with one attached hydrogen (secondary N) is 1. The molecule has 0 aliphatic rings. The summed E-state index contributed by atoms with van der Waals surface area (Å²) in [6.45, 7) is 2.10. The number of hydrogen-bond donors (Lipinski definition) is 1. The van der Waals surface area contributed by atoms with E-state index in [-0.39, 0.29) is 0 Å². The second-order valence-corrected chi connectivity index (χ2v) is 8.80. The van der Waals surface area contributed by atoms with Crippen molar-refractivity contribution in [2.24, 2.45) is 0 Å². The average molecular weight is 480 g/mol. The van der Waals surface area contributed by atoms with Crippen LogP contribution < -0.4 is 5.32 Å². The predicted molar refractivity (Wildman–Crippen MR) is 138 cm³/mol. The Kier molecular flexibility index (Phi) is 7.48. The fourth-order valence-electron chi connectivity index (χ4n) is 3.55. The van der Waals surface area contributed by atoms with E-state index >= 15 is 0 Å². The van der Waals surface area contributed by atoms with Crippen LogP contribution in [0.15, 0.2) is 97.2 Å². The summed E-state index contributed by atoms with van der Waals surface area (Å²) in [4.78, 5) is 2.16. The van der Waals surface area contributed by atoms with Gasteiger partial charge in [0, 0.05) is 40.7 Å². The van der Waals surface area contributed by atoms with Crippen molar-refractivity contribution >= 4 is 46.2 Å². The highest BCUT2D eigenvalue weighted by molar-refractivity contribution is 7.80. The van der Waals surface area contributed by atoms with Gasteiger partial charge in [0.2, 0.25) is 0 Å². The van der Waals surface area contributed by atoms with Gasteiger partial charge in [-0.15, -0.1) is 0 Å². The maximum Gasteiger partial charge on any atom is 0.174 e. The SMILES string of the molecule is S=C(Nc1cccc(Cl)c1)N(Cc1ccccc1)Cc1cccn1Cc1cccc(Cl)c1. The Bertz CT molecular complexity index is 1190. The van der Waals surface area contributed by atoms with Crippen LogP contribution in [0.2, 0.25) is 10.0 Å². The first-order chi connectivity index (χ1) is 15.6. The van der Waals surface area contributed by atoms with E-state index in [4.69, 9.17) is 35.4 Å². The number of thiocarbonyl (C=S) groups is 1. The van der Waals surface area contributed by atoms with Crippen LogP contribution in [0.1, 0.15) is 16.8 Å². The molecule has 0 bridgehead atoms. The Morgan fingerprint density at radius 3 is 2.25 bits per heavy atom. The molecule has 0 fully saturated rings. The standard InChI is InChI=1S/C26H23Cl2N3S/c27-22-10-4-9-21(15-22)18-30-14-6-13-25(30)19-31(17-20-7-2-1-3-8-20)26(32)29-24-12-5-11-23(28)16-24/h1-16H,17-19H2,(H,29,32). The van der Waals surface area contributed by atoms with Gasteiger partial charge in [-0.1, -0.05) is 71.7 Å². The quantitative estimate of drug-likeness (QED) is 0.282. The Labute approximate surface area is 204 Å². The molecule has 0 saturated heterocycles. The van der Waals surface area contributed by atoms with Crippen LogP contribution in [0, 0.1) is 0 Å². The highest BCUT2D eigenvalue weighted by atomic mass is 35.5. The summed E-state index contributed by atoms with van der Waals surface area (Å²) in [5.74, 6) is 0. The van der Waals surface area contributed by atoms with Crippen molar-refractivity contribution in [3.63, 3.8) is 0 Å². The van der Waals surface area contributed by atoms with Crippen molar-refractivity contribution < 1.29 is 0 Å². The molecular formula is C26H23Cl2N3S. The highest BCUT2D eigenvalue weighted by Crippen LogP contribution is 2.19. The molecule has 0 aliphatic carbocycles. The number of nitrogens with zero attached hydrogens (tertiary/aromatic N) is 2. The van der Waals surface area contributed by atoms with Crippen LogP contribution in [0.3, 0.4) is 0 Å². The zero-order valence-electron chi connectivity index (χ0n) is 17.4. The molecule has 1 N–H and O–H groups in total. The van der Waals surface area contributed by atoms with E-state index in [2.05, 4.69) is 51.3 Å². The summed E-state index contributed by atoms with van der Waals surface area (Å²) in [5.41, 5.74) is 4.38. The van der Waals surface area contributed by atoms with Crippen LogP contribution in [0.4, 0.5) is 5.69 Å². The van der Waals surface area contributed by atoms with Crippen LogP contribution in [-0.2, 0) is 19.6 Å². The summed E-state index contributed by atoms with van der Waals surface area (Å²) in [5, 5.41) is 5.40. The molecule has 4 aromatic rings. The van der Waals surface area contributed by atoms with Crippen molar-refractivity contribution in [3.8, 4) is 0 Å². The number of anilines is 1. The van der Waals surface area contributed by atoms with Crippen LogP contribution >= 0.6 is 35.4 Å². The normalized spacial score (nSPS) is 10.7. The topological polar surface area (TPSA) is 20.2 Å². The third kappa shape index (κ3) is 6.13. The number of hydrogen-bond acceptors (Lipinski definition) is 1. The molecule has 162 valence electrons. The van der Waals surface area contributed by atoms with E-state index in [1.807, 2.05) is 60.7 Å². The largest absolute Gasteiger partial charge is 0.345 e. The molecule has 0 amide bonds. The third-order valence-corrected chi connectivity index (χ3v) is 5.93. The van der Waals surface area contributed by atoms with E-state index < -0.39 is 0 Å². The first-order valence-electron chi connectivity index (χ1n) is 10.3. The molecule has 4 rings (SSSR count). The minimum Gasteiger partial charge on any atom is -0.345 e. The van der Waals surface area contributed by atoms with Gasteiger partial charge in [-0.25, -0.2) is 0 Å². The van der Waals surface area contributed by atoms with E-state index in [1.54, 1.807) is 0 Å². The summed E-state index contributed by atoms with van der Waals surface area (Å²) in [6.07, 6.45) is 2.09. The zero-order valence-corrected chi connectivity index (χ0v) is 19.7. The maximum atomic E-state index is 6.18. The van der Waals surface area contributed by atoms with Crippen LogP contribution in [-0.4, -0.2) is 14.6 Å². The molecule has 0 atom stereocenters. The first kappa shape index (κ1) is 22.4. The van der Waals surface area contributed by atoms with Crippen LogP contribution in [0.25, 0.3) is 0 Å². The Hall–Kier alpha value is -2.79. The van der Waals surface area contributed by atoms with E-state index in [1.165, 1.54) is 5.56 Å². The van der Waals surface area contributed by atoms with Gasteiger partial charge in [-0.05, 0) is 65.8 Å². The minimum absolute atomic E-state index is 0.645. The van der Waals surface area contributed by atoms with Crippen LogP contribution in [0.5, 0.6) is 0 Å². The first-order valence-corrected chi connectivity index (χ1v) is 11.5. The molecule has 0 spiro atoms. The Morgan fingerprint density at radius 1 is 0.781 bits per heavy atom. The van der Waals surface area contributed by atoms with Gasteiger partial charge in [-0.3, -0.25) is 0 Å². The average Bonchev–Trinajstić information content (AvgIpc) is 3.20. The monoisotopic (exact) mass is 479 g/mol. The van der Waals surface area contributed by atoms with Gasteiger partial charge in [0.05, 0.1) is 6.54 Å². The van der Waals surface area contributed by atoms with E-state index in [9.17, 15) is 0 Å². The minimum atomic E-state index is 0.645. The molecule has 1 aromatic heterocycles. The van der Waals surface area contributed by atoms with E-state index in [0.29, 0.717) is 23.2 Å². The van der Waals surface area contributed by atoms with Crippen molar-refractivity contribution in [1.82, 2.24) is 9.47 Å². The van der Waals surface area contributed by atoms with Gasteiger partial charge < -0.3 is 14.8 Å². The van der Waals surface area contributed by atoms with E-state index in [0.717, 1.165) is 28.5 Å². The molecule has 0 saturated carbocycles. The molecule has 6 heteroatoms. The van der Waals surface area contributed by atoms with Gasteiger partial charge in [0.15, 0.2) is 5.11 Å². The molecule has 0 unspecified atom stereocenters. The van der Waals surface area contributed by atoms with Crippen molar-refractivity contribution in [2.75, 3.05) is 5.32 Å². The lowest BCUT2D eigenvalue weighted by molar-refractivity contribution is 0.399. The molecule has 1 heterocycles. The Balaban J connectivity index is 1.55. The lowest BCUT2D eigenvalue weighted by Gasteiger charge is -2.27. The van der Waals surface area contributed by atoms with Gasteiger partial charge in [0.1, 0.15) is 0 Å². The van der Waals surface area contributed by atoms with Crippen molar-refractivity contribution in [1.29, 1.82) is 0 Å². The molecule has 0 radical (unpaired) electrons. The van der Waals surface area contributed by atoms with Crippen molar-refractivity contribution in [3.05, 3.63) is 124 Å². The highest BCUT2D eigenvalue weighted by Gasteiger charge is 2.14. The number of aromatic nitrogens is 1. The third-order valence-electron chi connectivity index (χ3n) is 5.10. The number of rotatable bonds is 7. The molecule has 32 heavy (non-hydrogen) atoms. The summed E-state index contributed by atoms with van der Waals surface area (Å²) < 4.78 is 2.23. The van der Waals surface area contributed by atoms with Gasteiger partial charge >= 0.3 is 0 Å². The fraction of sp³-hybridized carbons (Fsp3) is 0.115.